The highest BCUT2D eigenvalue weighted by Crippen LogP contribution is 2.12. The number of hydrogen-bond acceptors (Lipinski definition) is 2. The summed E-state index contributed by atoms with van der Waals surface area (Å²) in [7, 11) is 0. The first kappa shape index (κ1) is 8.94. The van der Waals surface area contributed by atoms with Gasteiger partial charge in [0, 0.05) is 11.9 Å². The molecule has 0 aliphatic heterocycles. The third-order valence-corrected chi connectivity index (χ3v) is 2.19. The van der Waals surface area contributed by atoms with E-state index in [2.05, 4.69) is 10.1 Å². The molecule has 14 heavy (non-hydrogen) atoms. The van der Waals surface area contributed by atoms with Crippen molar-refractivity contribution in [2.45, 2.75) is 20.8 Å². The molecule has 0 unspecified atom stereocenters. The van der Waals surface area contributed by atoms with Crippen LogP contribution in [0.1, 0.15) is 17.0 Å². The van der Waals surface area contributed by atoms with Crippen LogP contribution in [0.5, 0.6) is 0 Å². The first-order valence-electron chi connectivity index (χ1n) is 4.64. The van der Waals surface area contributed by atoms with Gasteiger partial charge in [0.2, 0.25) is 0 Å². The highest BCUT2D eigenvalue weighted by atomic mass is 15.3. The largest absolute Gasteiger partial charge is 0.237 e. The molecule has 2 aromatic heterocycles. The zero-order chi connectivity index (χ0) is 10.1. The second-order valence-corrected chi connectivity index (χ2v) is 3.48. The van der Waals surface area contributed by atoms with Crippen LogP contribution in [0.2, 0.25) is 0 Å². The number of rotatable bonds is 1. The van der Waals surface area contributed by atoms with Crippen LogP contribution in [0.4, 0.5) is 0 Å². The Morgan fingerprint density at radius 3 is 2.57 bits per heavy atom. The Labute approximate surface area is 83.4 Å². The van der Waals surface area contributed by atoms with Crippen molar-refractivity contribution in [2.24, 2.45) is 0 Å². The number of aryl methyl sites for hydroxylation is 3. The Balaban J connectivity index is 2.60. The van der Waals surface area contributed by atoms with E-state index in [4.69, 9.17) is 0 Å². The molecule has 0 amide bonds. The quantitative estimate of drug-likeness (QED) is 0.685. The maximum atomic E-state index is 4.40. The highest BCUT2D eigenvalue weighted by molar-refractivity contribution is 5.33. The summed E-state index contributed by atoms with van der Waals surface area (Å²) in [6.07, 6.45) is 1.79. The molecule has 0 radical (unpaired) electrons. The van der Waals surface area contributed by atoms with Gasteiger partial charge in [-0.05, 0) is 38.5 Å². The fraction of sp³-hybridized carbons (Fsp3) is 0.273. The number of aromatic nitrogens is 3. The molecule has 0 aliphatic rings. The van der Waals surface area contributed by atoms with Crippen molar-refractivity contribution in [2.75, 3.05) is 0 Å². The van der Waals surface area contributed by atoms with Gasteiger partial charge in [0.1, 0.15) is 0 Å². The van der Waals surface area contributed by atoms with Crippen molar-refractivity contribution in [1.29, 1.82) is 0 Å². The third kappa shape index (κ3) is 1.41. The molecule has 3 nitrogen and oxygen atoms in total. The summed E-state index contributed by atoms with van der Waals surface area (Å²) in [5.74, 6) is 0.915. The van der Waals surface area contributed by atoms with E-state index >= 15 is 0 Å². The van der Waals surface area contributed by atoms with Gasteiger partial charge in [-0.25, -0.2) is 9.67 Å². The lowest BCUT2D eigenvalue weighted by Gasteiger charge is -2.05. The molecule has 0 saturated carbocycles. The van der Waals surface area contributed by atoms with E-state index in [-0.39, 0.29) is 0 Å². The maximum absolute atomic E-state index is 4.40. The Kier molecular flexibility index (Phi) is 2.08. The van der Waals surface area contributed by atoms with E-state index in [1.807, 2.05) is 43.7 Å². The van der Waals surface area contributed by atoms with Crippen LogP contribution in [0, 0.1) is 20.8 Å². The van der Waals surface area contributed by atoms with Gasteiger partial charge < -0.3 is 0 Å². The summed E-state index contributed by atoms with van der Waals surface area (Å²) in [6.45, 7) is 6.06. The zero-order valence-electron chi connectivity index (χ0n) is 8.65. The minimum absolute atomic E-state index is 0.915. The van der Waals surface area contributed by atoms with E-state index in [1.54, 1.807) is 6.20 Å². The lowest BCUT2D eigenvalue weighted by Crippen LogP contribution is -2.03. The average molecular weight is 187 g/mol. The Morgan fingerprint density at radius 2 is 2.00 bits per heavy atom. The van der Waals surface area contributed by atoms with Gasteiger partial charge in [-0.2, -0.15) is 5.10 Å². The van der Waals surface area contributed by atoms with Gasteiger partial charge in [0.15, 0.2) is 5.82 Å². The van der Waals surface area contributed by atoms with Gasteiger partial charge in [0.25, 0.3) is 0 Å². The Bertz CT molecular complexity index is 457. The summed E-state index contributed by atoms with van der Waals surface area (Å²) >= 11 is 0. The standard InChI is InChI=1S/C11H13N3/c1-8-5-4-6-12-11(8)14-10(3)7-9(2)13-14/h4-7H,1-3H3. The second kappa shape index (κ2) is 3.25. The van der Waals surface area contributed by atoms with Crippen LogP contribution in [-0.4, -0.2) is 14.8 Å². The molecule has 0 aromatic carbocycles. The van der Waals surface area contributed by atoms with Crippen molar-refractivity contribution in [3.8, 4) is 5.82 Å². The summed E-state index contributed by atoms with van der Waals surface area (Å²) < 4.78 is 1.88. The molecule has 0 fully saturated rings. The highest BCUT2D eigenvalue weighted by Gasteiger charge is 2.06. The molecular formula is C11H13N3. The summed E-state index contributed by atoms with van der Waals surface area (Å²) in [5, 5.41) is 4.40. The molecule has 0 N–H and O–H groups in total. The lowest BCUT2D eigenvalue weighted by atomic mass is 10.3. The Morgan fingerprint density at radius 1 is 1.21 bits per heavy atom. The van der Waals surface area contributed by atoms with Gasteiger partial charge >= 0.3 is 0 Å². The van der Waals surface area contributed by atoms with Crippen molar-refractivity contribution in [3.05, 3.63) is 41.3 Å². The van der Waals surface area contributed by atoms with Crippen LogP contribution < -0.4 is 0 Å². The predicted molar refractivity (Wildman–Crippen MR) is 55.6 cm³/mol. The normalized spacial score (nSPS) is 10.5. The van der Waals surface area contributed by atoms with Gasteiger partial charge in [-0.3, -0.25) is 0 Å². The summed E-state index contributed by atoms with van der Waals surface area (Å²) in [6, 6.07) is 6.03. The van der Waals surface area contributed by atoms with Crippen molar-refractivity contribution >= 4 is 0 Å². The smallest absolute Gasteiger partial charge is 0.156 e. The van der Waals surface area contributed by atoms with Gasteiger partial charge in [-0.15, -0.1) is 0 Å². The SMILES string of the molecule is Cc1cc(C)n(-c2ncccc2C)n1. The molecule has 0 spiro atoms. The molecule has 0 aliphatic carbocycles. The first-order chi connectivity index (χ1) is 6.68. The van der Waals surface area contributed by atoms with Gasteiger partial charge in [-0.1, -0.05) is 6.07 Å². The molecule has 0 atom stereocenters. The van der Waals surface area contributed by atoms with Gasteiger partial charge in [0.05, 0.1) is 5.69 Å². The molecule has 0 bridgehead atoms. The topological polar surface area (TPSA) is 30.7 Å². The number of nitrogens with zero attached hydrogens (tertiary/aromatic N) is 3. The van der Waals surface area contributed by atoms with Crippen LogP contribution in [-0.2, 0) is 0 Å². The lowest BCUT2D eigenvalue weighted by molar-refractivity contribution is 0.799. The van der Waals surface area contributed by atoms with E-state index in [0.29, 0.717) is 0 Å². The average Bonchev–Trinajstić information content (AvgIpc) is 2.46. The molecular weight excluding hydrogens is 174 g/mol. The fourth-order valence-electron chi connectivity index (χ4n) is 1.54. The molecule has 2 heterocycles. The van der Waals surface area contributed by atoms with E-state index in [1.165, 1.54) is 0 Å². The van der Waals surface area contributed by atoms with Crippen LogP contribution in [0.3, 0.4) is 0 Å². The maximum Gasteiger partial charge on any atom is 0.156 e. The van der Waals surface area contributed by atoms with Crippen molar-refractivity contribution in [1.82, 2.24) is 14.8 Å². The molecule has 72 valence electrons. The van der Waals surface area contributed by atoms with E-state index < -0.39 is 0 Å². The minimum atomic E-state index is 0.915. The van der Waals surface area contributed by atoms with Crippen LogP contribution in [0.25, 0.3) is 5.82 Å². The van der Waals surface area contributed by atoms with E-state index in [9.17, 15) is 0 Å². The zero-order valence-corrected chi connectivity index (χ0v) is 8.65. The summed E-state index contributed by atoms with van der Waals surface area (Å²) in [4.78, 5) is 4.32. The number of pyridine rings is 1. The summed E-state index contributed by atoms with van der Waals surface area (Å²) in [5.41, 5.74) is 3.27. The fourth-order valence-corrected chi connectivity index (χ4v) is 1.54. The first-order valence-corrected chi connectivity index (χ1v) is 4.64. The molecule has 0 saturated heterocycles. The molecule has 2 aromatic rings. The monoisotopic (exact) mass is 187 g/mol. The predicted octanol–water partition coefficient (Wildman–Crippen LogP) is 2.19. The number of hydrogen-bond donors (Lipinski definition) is 0. The molecule has 3 heteroatoms. The Hall–Kier alpha value is -1.64. The third-order valence-electron chi connectivity index (χ3n) is 2.19. The van der Waals surface area contributed by atoms with E-state index in [0.717, 1.165) is 22.8 Å². The minimum Gasteiger partial charge on any atom is -0.237 e. The van der Waals surface area contributed by atoms with Crippen LogP contribution >= 0.6 is 0 Å². The molecule has 2 rings (SSSR count). The van der Waals surface area contributed by atoms with Crippen LogP contribution in [0.15, 0.2) is 24.4 Å². The van der Waals surface area contributed by atoms with Crippen molar-refractivity contribution < 1.29 is 0 Å². The second-order valence-electron chi connectivity index (χ2n) is 3.48. The van der Waals surface area contributed by atoms with Crippen molar-refractivity contribution in [3.63, 3.8) is 0 Å².